The molecule has 1 aromatic heterocycles. The molecule has 7 heteroatoms. The van der Waals surface area contributed by atoms with Crippen LogP contribution in [0.4, 0.5) is 11.5 Å². The lowest BCUT2D eigenvalue weighted by Crippen LogP contribution is -2.47. The van der Waals surface area contributed by atoms with Gasteiger partial charge in [0.25, 0.3) is 5.91 Å². The summed E-state index contributed by atoms with van der Waals surface area (Å²) in [5.74, 6) is 1.62. The summed E-state index contributed by atoms with van der Waals surface area (Å²) in [6, 6.07) is 10.2. The van der Waals surface area contributed by atoms with E-state index in [2.05, 4.69) is 31.2 Å². The molecule has 0 radical (unpaired) electrons. The maximum absolute atomic E-state index is 12.6. The lowest BCUT2D eigenvalue weighted by Gasteiger charge is -2.37. The van der Waals surface area contributed by atoms with Crippen LogP contribution in [0, 0.1) is 0 Å². The molecular formula is C22H29N5O2. The Kier molecular flexibility index (Phi) is 6.12. The third-order valence-corrected chi connectivity index (χ3v) is 5.86. The highest BCUT2D eigenvalue weighted by Crippen LogP contribution is 2.29. The Labute approximate surface area is 172 Å². The van der Waals surface area contributed by atoms with Crippen molar-refractivity contribution in [2.75, 3.05) is 43.1 Å². The summed E-state index contributed by atoms with van der Waals surface area (Å²) in [4.78, 5) is 25.8. The van der Waals surface area contributed by atoms with E-state index in [1.807, 2.05) is 24.3 Å². The number of rotatable bonds is 5. The van der Waals surface area contributed by atoms with E-state index in [9.17, 15) is 4.79 Å². The van der Waals surface area contributed by atoms with Crippen LogP contribution in [0.5, 0.6) is 5.75 Å². The number of para-hydroxylation sites is 2. The van der Waals surface area contributed by atoms with Gasteiger partial charge in [-0.1, -0.05) is 31.4 Å². The van der Waals surface area contributed by atoms with E-state index in [-0.39, 0.29) is 11.9 Å². The lowest BCUT2D eigenvalue weighted by atomic mass is 9.95. The SMILES string of the molecule is COc1ccccc1N1CCN(c2cc(C(=O)NC3CCCCC3)ncn2)CC1. The average molecular weight is 396 g/mol. The van der Waals surface area contributed by atoms with Crippen molar-refractivity contribution in [1.29, 1.82) is 0 Å². The summed E-state index contributed by atoms with van der Waals surface area (Å²) >= 11 is 0. The largest absolute Gasteiger partial charge is 0.495 e. The topological polar surface area (TPSA) is 70.6 Å². The van der Waals surface area contributed by atoms with Gasteiger partial charge in [-0.2, -0.15) is 0 Å². The minimum atomic E-state index is -0.0896. The monoisotopic (exact) mass is 395 g/mol. The molecule has 154 valence electrons. The molecule has 0 atom stereocenters. The summed E-state index contributed by atoms with van der Waals surface area (Å²) in [6.07, 6.45) is 7.28. The van der Waals surface area contributed by atoms with Gasteiger partial charge in [0.1, 0.15) is 23.6 Å². The molecule has 7 nitrogen and oxygen atoms in total. The number of hydrogen-bond donors (Lipinski definition) is 1. The first kappa shape index (κ1) is 19.5. The van der Waals surface area contributed by atoms with Crippen molar-refractivity contribution in [3.8, 4) is 5.75 Å². The number of anilines is 2. The van der Waals surface area contributed by atoms with Gasteiger partial charge in [0.2, 0.25) is 0 Å². The second-order valence-electron chi connectivity index (χ2n) is 7.72. The number of amides is 1. The molecule has 4 rings (SSSR count). The fraction of sp³-hybridized carbons (Fsp3) is 0.500. The number of carbonyl (C=O) groups is 1. The third kappa shape index (κ3) is 4.60. The summed E-state index contributed by atoms with van der Waals surface area (Å²) in [5, 5.41) is 3.14. The summed E-state index contributed by atoms with van der Waals surface area (Å²) in [5.41, 5.74) is 1.57. The quantitative estimate of drug-likeness (QED) is 0.840. The molecule has 1 aliphatic carbocycles. The normalized spacial score (nSPS) is 17.8. The molecule has 2 heterocycles. The van der Waals surface area contributed by atoms with Crippen molar-refractivity contribution >= 4 is 17.4 Å². The van der Waals surface area contributed by atoms with Crippen LogP contribution in [0.25, 0.3) is 0 Å². The predicted molar refractivity (Wildman–Crippen MR) is 114 cm³/mol. The van der Waals surface area contributed by atoms with Crippen molar-refractivity contribution in [2.24, 2.45) is 0 Å². The predicted octanol–water partition coefficient (Wildman–Crippen LogP) is 2.87. The zero-order chi connectivity index (χ0) is 20.1. The van der Waals surface area contributed by atoms with Crippen LogP contribution in [0.15, 0.2) is 36.7 Å². The minimum absolute atomic E-state index is 0.0896. The average Bonchev–Trinajstić information content (AvgIpc) is 2.80. The number of nitrogens with one attached hydrogen (secondary N) is 1. The van der Waals surface area contributed by atoms with E-state index in [0.29, 0.717) is 5.69 Å². The first-order chi connectivity index (χ1) is 14.2. The highest BCUT2D eigenvalue weighted by atomic mass is 16.5. The Morgan fingerprint density at radius 3 is 2.52 bits per heavy atom. The fourth-order valence-electron chi connectivity index (χ4n) is 4.22. The van der Waals surface area contributed by atoms with Gasteiger partial charge in [-0.05, 0) is 25.0 Å². The van der Waals surface area contributed by atoms with Gasteiger partial charge in [0.15, 0.2) is 0 Å². The van der Waals surface area contributed by atoms with Gasteiger partial charge >= 0.3 is 0 Å². The first-order valence-corrected chi connectivity index (χ1v) is 10.5. The maximum Gasteiger partial charge on any atom is 0.270 e. The zero-order valence-electron chi connectivity index (χ0n) is 17.0. The minimum Gasteiger partial charge on any atom is -0.495 e. The van der Waals surface area contributed by atoms with Crippen LogP contribution in [0.2, 0.25) is 0 Å². The molecule has 1 N–H and O–H groups in total. The van der Waals surface area contributed by atoms with Crippen LogP contribution in [-0.2, 0) is 0 Å². The molecular weight excluding hydrogens is 366 g/mol. The number of hydrogen-bond acceptors (Lipinski definition) is 6. The molecule has 29 heavy (non-hydrogen) atoms. The molecule has 1 saturated heterocycles. The van der Waals surface area contributed by atoms with Crippen LogP contribution in [0.3, 0.4) is 0 Å². The van der Waals surface area contributed by atoms with Crippen LogP contribution < -0.4 is 19.9 Å². The summed E-state index contributed by atoms with van der Waals surface area (Å²) < 4.78 is 5.49. The maximum atomic E-state index is 12.6. The van der Waals surface area contributed by atoms with Gasteiger partial charge in [0.05, 0.1) is 12.8 Å². The first-order valence-electron chi connectivity index (χ1n) is 10.5. The van der Waals surface area contributed by atoms with Gasteiger partial charge in [-0.15, -0.1) is 0 Å². The molecule has 1 saturated carbocycles. The van der Waals surface area contributed by atoms with Gasteiger partial charge in [-0.25, -0.2) is 9.97 Å². The molecule has 2 aromatic rings. The molecule has 0 unspecified atom stereocenters. The number of benzene rings is 1. The van der Waals surface area contributed by atoms with E-state index < -0.39 is 0 Å². The molecule has 1 amide bonds. The standard InChI is InChI=1S/C22H29N5O2/c1-29-20-10-6-5-9-19(20)26-11-13-27(14-12-26)21-15-18(23-16-24-21)22(28)25-17-7-3-2-4-8-17/h5-6,9-10,15-17H,2-4,7-8,11-14H2,1H3,(H,25,28). The van der Waals surface area contributed by atoms with Crippen molar-refractivity contribution < 1.29 is 9.53 Å². The Morgan fingerprint density at radius 2 is 1.76 bits per heavy atom. The second-order valence-corrected chi connectivity index (χ2v) is 7.72. The van der Waals surface area contributed by atoms with Gasteiger partial charge < -0.3 is 19.9 Å². The smallest absolute Gasteiger partial charge is 0.270 e. The van der Waals surface area contributed by atoms with E-state index in [0.717, 1.165) is 56.3 Å². The second kappa shape index (κ2) is 9.11. The summed E-state index contributed by atoms with van der Waals surface area (Å²) in [7, 11) is 1.70. The van der Waals surface area contributed by atoms with E-state index in [1.54, 1.807) is 7.11 Å². The molecule has 0 spiro atoms. The van der Waals surface area contributed by atoms with Crippen LogP contribution >= 0.6 is 0 Å². The number of piperazine rings is 1. The molecule has 1 aromatic carbocycles. The fourth-order valence-corrected chi connectivity index (χ4v) is 4.22. The summed E-state index contributed by atoms with van der Waals surface area (Å²) in [6.45, 7) is 3.40. The Bertz CT molecular complexity index is 829. The number of ether oxygens (including phenoxy) is 1. The third-order valence-electron chi connectivity index (χ3n) is 5.86. The Balaban J connectivity index is 1.38. The van der Waals surface area contributed by atoms with Crippen molar-refractivity contribution in [1.82, 2.24) is 15.3 Å². The van der Waals surface area contributed by atoms with Gasteiger partial charge in [-0.3, -0.25) is 4.79 Å². The van der Waals surface area contributed by atoms with E-state index in [4.69, 9.17) is 4.74 Å². The Morgan fingerprint density at radius 1 is 1.03 bits per heavy atom. The van der Waals surface area contributed by atoms with Crippen LogP contribution in [-0.4, -0.2) is 55.2 Å². The van der Waals surface area contributed by atoms with Crippen LogP contribution in [0.1, 0.15) is 42.6 Å². The molecule has 1 aliphatic heterocycles. The highest BCUT2D eigenvalue weighted by Gasteiger charge is 2.22. The number of methoxy groups -OCH3 is 1. The van der Waals surface area contributed by atoms with Crippen molar-refractivity contribution in [3.05, 3.63) is 42.4 Å². The lowest BCUT2D eigenvalue weighted by molar-refractivity contribution is 0.0922. The molecule has 2 aliphatic rings. The Hall–Kier alpha value is -2.83. The number of carbonyl (C=O) groups excluding carboxylic acids is 1. The van der Waals surface area contributed by atoms with Crippen molar-refractivity contribution in [3.63, 3.8) is 0 Å². The van der Waals surface area contributed by atoms with Gasteiger partial charge in [0, 0.05) is 38.3 Å². The highest BCUT2D eigenvalue weighted by molar-refractivity contribution is 5.93. The number of nitrogens with zero attached hydrogens (tertiary/aromatic N) is 4. The van der Waals surface area contributed by atoms with Crippen molar-refractivity contribution in [2.45, 2.75) is 38.1 Å². The zero-order valence-corrected chi connectivity index (χ0v) is 17.0. The van der Waals surface area contributed by atoms with E-state index >= 15 is 0 Å². The molecule has 0 bridgehead atoms. The number of aromatic nitrogens is 2. The molecule has 2 fully saturated rings. The van der Waals surface area contributed by atoms with E-state index in [1.165, 1.54) is 25.6 Å².